The summed E-state index contributed by atoms with van der Waals surface area (Å²) >= 11 is 0. The molecular weight excluding hydrogens is 279 g/mol. The predicted molar refractivity (Wildman–Crippen MR) is 76.9 cm³/mol. The van der Waals surface area contributed by atoms with Crippen LogP contribution in [0.25, 0.3) is 0 Å². The Labute approximate surface area is 123 Å². The fraction of sp³-hybridized carbons (Fsp3) is 0.600. The maximum Gasteiger partial charge on any atom is 0.416 e. The average Bonchev–Trinajstić information content (AvgIpc) is 2.89. The van der Waals surface area contributed by atoms with Gasteiger partial charge in [0.15, 0.2) is 0 Å². The molecule has 0 aromatic heterocycles. The second-order valence-corrected chi connectivity index (χ2v) is 5.74. The third kappa shape index (κ3) is 3.56. The largest absolute Gasteiger partial charge is 0.416 e. The highest BCUT2D eigenvalue weighted by atomic mass is 19.4. The summed E-state index contributed by atoms with van der Waals surface area (Å²) in [5.74, 6) is 0. The van der Waals surface area contributed by atoms with Gasteiger partial charge >= 0.3 is 6.18 Å². The molecule has 1 heterocycles. The number of hydrogen-bond acceptors (Lipinski definition) is 3. The lowest BCUT2D eigenvalue weighted by molar-refractivity contribution is -0.138. The van der Waals surface area contributed by atoms with E-state index in [0.29, 0.717) is 6.04 Å². The molecule has 1 aromatic carbocycles. The van der Waals surface area contributed by atoms with Crippen LogP contribution in [-0.2, 0) is 6.18 Å². The lowest BCUT2D eigenvalue weighted by atomic mass is 9.99. The van der Waals surface area contributed by atoms with Gasteiger partial charge in [-0.1, -0.05) is 18.2 Å². The van der Waals surface area contributed by atoms with E-state index in [4.69, 9.17) is 5.73 Å². The first kappa shape index (κ1) is 16.3. The van der Waals surface area contributed by atoms with E-state index in [9.17, 15) is 13.2 Å². The van der Waals surface area contributed by atoms with Crippen molar-refractivity contribution in [1.82, 2.24) is 9.80 Å². The van der Waals surface area contributed by atoms with Crippen LogP contribution in [-0.4, -0.2) is 49.6 Å². The SMILES string of the molecule is CN(C)C1CCN(C(CN)c2ccccc2C(F)(F)F)C1. The van der Waals surface area contributed by atoms with Gasteiger partial charge in [0.1, 0.15) is 0 Å². The molecule has 0 amide bonds. The van der Waals surface area contributed by atoms with E-state index in [0.717, 1.165) is 25.6 Å². The summed E-state index contributed by atoms with van der Waals surface area (Å²) in [5, 5.41) is 0. The maximum absolute atomic E-state index is 13.2. The van der Waals surface area contributed by atoms with E-state index in [1.165, 1.54) is 6.07 Å². The summed E-state index contributed by atoms with van der Waals surface area (Å²) in [6.07, 6.45) is -3.39. The Morgan fingerprint density at radius 3 is 2.52 bits per heavy atom. The van der Waals surface area contributed by atoms with Crippen LogP contribution in [0.1, 0.15) is 23.6 Å². The van der Waals surface area contributed by atoms with Crippen molar-refractivity contribution in [2.75, 3.05) is 33.7 Å². The van der Waals surface area contributed by atoms with Gasteiger partial charge in [0.25, 0.3) is 0 Å². The van der Waals surface area contributed by atoms with E-state index in [-0.39, 0.29) is 18.2 Å². The van der Waals surface area contributed by atoms with Gasteiger partial charge in [-0.15, -0.1) is 0 Å². The topological polar surface area (TPSA) is 32.5 Å². The van der Waals surface area contributed by atoms with Gasteiger partial charge in [-0.2, -0.15) is 13.2 Å². The van der Waals surface area contributed by atoms with E-state index >= 15 is 0 Å². The van der Waals surface area contributed by atoms with Crippen LogP contribution >= 0.6 is 0 Å². The molecule has 2 atom stereocenters. The number of nitrogens with zero attached hydrogens (tertiary/aromatic N) is 2. The van der Waals surface area contributed by atoms with Crippen LogP contribution in [0.15, 0.2) is 24.3 Å². The second kappa shape index (κ2) is 6.34. The first-order valence-corrected chi connectivity index (χ1v) is 7.11. The maximum atomic E-state index is 13.2. The molecule has 6 heteroatoms. The van der Waals surface area contributed by atoms with Gasteiger partial charge in [-0.3, -0.25) is 4.90 Å². The van der Waals surface area contributed by atoms with E-state index in [1.807, 2.05) is 14.1 Å². The zero-order valence-electron chi connectivity index (χ0n) is 12.4. The van der Waals surface area contributed by atoms with Crippen molar-refractivity contribution in [3.05, 3.63) is 35.4 Å². The molecule has 1 fully saturated rings. The molecule has 0 spiro atoms. The highest BCUT2D eigenvalue weighted by Crippen LogP contribution is 2.37. The number of likely N-dealkylation sites (N-methyl/N-ethyl adjacent to an activating group) is 1. The zero-order valence-corrected chi connectivity index (χ0v) is 12.4. The standard InChI is InChI=1S/C15H22F3N3/c1-20(2)11-7-8-21(10-11)14(9-19)12-5-3-4-6-13(12)15(16,17)18/h3-6,11,14H,7-10,19H2,1-2H3. The molecule has 1 aliphatic heterocycles. The summed E-state index contributed by atoms with van der Waals surface area (Å²) in [6, 6.07) is 5.74. The summed E-state index contributed by atoms with van der Waals surface area (Å²) in [6.45, 7) is 1.71. The summed E-state index contributed by atoms with van der Waals surface area (Å²) in [4.78, 5) is 4.18. The van der Waals surface area contributed by atoms with Crippen LogP contribution < -0.4 is 5.73 Å². The molecule has 2 unspecified atom stereocenters. The quantitative estimate of drug-likeness (QED) is 0.926. The van der Waals surface area contributed by atoms with Gasteiger partial charge in [0.2, 0.25) is 0 Å². The molecule has 118 valence electrons. The van der Waals surface area contributed by atoms with Crippen molar-refractivity contribution in [2.24, 2.45) is 5.73 Å². The van der Waals surface area contributed by atoms with Crippen LogP contribution in [0, 0.1) is 0 Å². The number of rotatable bonds is 4. The number of halogens is 3. The van der Waals surface area contributed by atoms with Gasteiger partial charge in [0, 0.05) is 31.7 Å². The van der Waals surface area contributed by atoms with Crippen molar-refractivity contribution < 1.29 is 13.2 Å². The van der Waals surface area contributed by atoms with Crippen LogP contribution in [0.4, 0.5) is 13.2 Å². The lowest BCUT2D eigenvalue weighted by Gasteiger charge is -2.30. The minimum absolute atomic E-state index is 0.188. The average molecular weight is 301 g/mol. The molecule has 2 rings (SSSR count). The Kier molecular flexibility index (Phi) is 4.91. The van der Waals surface area contributed by atoms with Gasteiger partial charge < -0.3 is 10.6 Å². The molecule has 1 aliphatic rings. The molecular formula is C15H22F3N3. The Morgan fingerprint density at radius 1 is 1.33 bits per heavy atom. The fourth-order valence-corrected chi connectivity index (χ4v) is 2.99. The van der Waals surface area contributed by atoms with Crippen molar-refractivity contribution >= 4 is 0 Å². The van der Waals surface area contributed by atoms with Crippen LogP contribution in [0.3, 0.4) is 0 Å². The van der Waals surface area contributed by atoms with Crippen molar-refractivity contribution in [3.8, 4) is 0 Å². The smallest absolute Gasteiger partial charge is 0.329 e. The number of hydrogen-bond donors (Lipinski definition) is 1. The van der Waals surface area contributed by atoms with Crippen molar-refractivity contribution in [2.45, 2.75) is 24.7 Å². The lowest BCUT2D eigenvalue weighted by Crippen LogP contribution is -2.36. The van der Waals surface area contributed by atoms with Crippen molar-refractivity contribution in [1.29, 1.82) is 0 Å². The molecule has 0 saturated carbocycles. The third-order valence-electron chi connectivity index (χ3n) is 4.21. The van der Waals surface area contributed by atoms with Gasteiger partial charge in [0.05, 0.1) is 5.56 Å². The number of benzene rings is 1. The molecule has 1 saturated heterocycles. The minimum atomic E-state index is -4.34. The number of alkyl halides is 3. The Morgan fingerprint density at radius 2 is 2.00 bits per heavy atom. The molecule has 3 nitrogen and oxygen atoms in total. The monoisotopic (exact) mass is 301 g/mol. The Hall–Kier alpha value is -1.11. The molecule has 0 bridgehead atoms. The van der Waals surface area contributed by atoms with Gasteiger partial charge in [-0.05, 0) is 32.1 Å². The predicted octanol–water partition coefficient (Wildman–Crippen LogP) is 2.34. The molecule has 2 N–H and O–H groups in total. The Balaban J connectivity index is 2.27. The Bertz CT molecular complexity index is 473. The molecule has 0 radical (unpaired) electrons. The first-order chi connectivity index (χ1) is 9.84. The van der Waals surface area contributed by atoms with Crippen molar-refractivity contribution in [3.63, 3.8) is 0 Å². The number of nitrogens with two attached hydrogens (primary N) is 1. The highest BCUT2D eigenvalue weighted by Gasteiger charge is 2.37. The second-order valence-electron chi connectivity index (χ2n) is 5.74. The molecule has 21 heavy (non-hydrogen) atoms. The van der Waals surface area contributed by atoms with Crippen LogP contribution in [0.2, 0.25) is 0 Å². The summed E-state index contributed by atoms with van der Waals surface area (Å²) < 4.78 is 39.5. The summed E-state index contributed by atoms with van der Waals surface area (Å²) in [7, 11) is 3.99. The number of likely N-dealkylation sites (tertiary alicyclic amines) is 1. The van der Waals surface area contributed by atoms with E-state index < -0.39 is 11.7 Å². The minimum Gasteiger partial charge on any atom is -0.329 e. The van der Waals surface area contributed by atoms with Crippen LogP contribution in [0.5, 0.6) is 0 Å². The summed E-state index contributed by atoms with van der Waals surface area (Å²) in [5.41, 5.74) is 5.50. The normalized spacial score (nSPS) is 22.0. The molecule has 1 aromatic rings. The third-order valence-corrected chi connectivity index (χ3v) is 4.21. The first-order valence-electron chi connectivity index (χ1n) is 7.11. The van der Waals surface area contributed by atoms with E-state index in [1.54, 1.807) is 12.1 Å². The van der Waals surface area contributed by atoms with Gasteiger partial charge in [-0.25, -0.2) is 0 Å². The van der Waals surface area contributed by atoms with E-state index in [2.05, 4.69) is 9.80 Å². The highest BCUT2D eigenvalue weighted by molar-refractivity contribution is 5.33. The fourth-order valence-electron chi connectivity index (χ4n) is 2.99. The molecule has 0 aliphatic carbocycles. The zero-order chi connectivity index (χ0) is 15.6.